The van der Waals surface area contributed by atoms with Crippen LogP contribution in [0.5, 0.6) is 0 Å². The summed E-state index contributed by atoms with van der Waals surface area (Å²) in [6, 6.07) is 0. The lowest BCUT2D eigenvalue weighted by atomic mass is 9.50. The lowest BCUT2D eigenvalue weighted by Crippen LogP contribution is -2.60. The van der Waals surface area contributed by atoms with Crippen LogP contribution in [0.1, 0.15) is 51.9 Å². The predicted molar refractivity (Wildman–Crippen MR) is 77.6 cm³/mol. The largest absolute Gasteiger partial charge is 0.385 e. The maximum absolute atomic E-state index is 11.8. The third-order valence-electron chi connectivity index (χ3n) is 7.54. The molecule has 1 heterocycles. The van der Waals surface area contributed by atoms with E-state index in [0.29, 0.717) is 36.2 Å². The van der Waals surface area contributed by atoms with Crippen LogP contribution in [0.15, 0.2) is 11.6 Å². The monoisotopic (exact) mass is 288 g/mol. The third-order valence-corrected chi connectivity index (χ3v) is 7.54. The molecule has 4 fully saturated rings. The lowest BCUT2D eigenvalue weighted by Gasteiger charge is -2.58. The van der Waals surface area contributed by atoms with Gasteiger partial charge in [0.05, 0.1) is 17.8 Å². The van der Waals surface area contributed by atoms with Gasteiger partial charge in [-0.3, -0.25) is 4.79 Å². The molecule has 0 aromatic rings. The highest BCUT2D eigenvalue weighted by Crippen LogP contribution is 2.66. The topological polar surface area (TPSA) is 46.5 Å². The van der Waals surface area contributed by atoms with Crippen LogP contribution in [0.2, 0.25) is 0 Å². The van der Waals surface area contributed by atoms with E-state index < -0.39 is 5.60 Å². The Bertz CT molecular complexity index is 553. The zero-order valence-electron chi connectivity index (χ0n) is 12.7. The number of carbonyl (C=O) groups excluding carboxylic acids is 1. The molecule has 21 heavy (non-hydrogen) atoms. The van der Waals surface area contributed by atoms with Crippen molar-refractivity contribution in [2.24, 2.45) is 23.2 Å². The number of rotatable bonds is 0. The summed E-state index contributed by atoms with van der Waals surface area (Å²) < 4.78 is 6.39. The van der Waals surface area contributed by atoms with Gasteiger partial charge < -0.3 is 9.84 Å². The van der Waals surface area contributed by atoms with Crippen LogP contribution in [0.3, 0.4) is 0 Å². The minimum absolute atomic E-state index is 0.188. The first-order valence-corrected chi connectivity index (χ1v) is 8.61. The second kappa shape index (κ2) is 3.80. The molecule has 0 radical (unpaired) electrons. The van der Waals surface area contributed by atoms with Crippen molar-refractivity contribution in [3.8, 4) is 0 Å². The molecule has 3 nitrogen and oxygen atoms in total. The number of ketones is 1. The highest BCUT2D eigenvalue weighted by atomic mass is 16.5. The van der Waals surface area contributed by atoms with Crippen LogP contribution in [0.4, 0.5) is 0 Å². The van der Waals surface area contributed by atoms with Crippen LogP contribution < -0.4 is 0 Å². The third kappa shape index (κ3) is 1.49. The molecule has 3 saturated carbocycles. The highest BCUT2D eigenvalue weighted by Gasteiger charge is 2.64. The van der Waals surface area contributed by atoms with E-state index in [2.05, 4.69) is 6.92 Å². The predicted octanol–water partition coefficient (Wildman–Crippen LogP) is 2.62. The Hall–Kier alpha value is -0.670. The molecular weight excluding hydrogens is 264 g/mol. The second-order valence-electron chi connectivity index (χ2n) is 8.48. The van der Waals surface area contributed by atoms with Crippen LogP contribution in [-0.4, -0.2) is 28.7 Å². The molecule has 5 rings (SSSR count). The molecule has 114 valence electrons. The van der Waals surface area contributed by atoms with Crippen molar-refractivity contribution in [3.63, 3.8) is 0 Å². The van der Waals surface area contributed by atoms with Crippen molar-refractivity contribution in [3.05, 3.63) is 11.6 Å². The number of fused-ring (bicyclic) bond motifs is 3. The minimum atomic E-state index is -0.713. The Morgan fingerprint density at radius 2 is 2.19 bits per heavy atom. The van der Waals surface area contributed by atoms with E-state index >= 15 is 0 Å². The van der Waals surface area contributed by atoms with Gasteiger partial charge in [-0.1, -0.05) is 6.92 Å². The molecule has 2 bridgehead atoms. The first kappa shape index (κ1) is 12.8. The zero-order valence-corrected chi connectivity index (χ0v) is 12.7. The average molecular weight is 288 g/mol. The SMILES string of the molecule is C[C@]12CC[C@H]3C4C1C[C@@H](C2)O[C@@H]4CC1=CC(=O)CC[C@@]13O. The van der Waals surface area contributed by atoms with E-state index in [-0.39, 0.29) is 11.9 Å². The summed E-state index contributed by atoms with van der Waals surface area (Å²) in [5, 5.41) is 11.4. The Balaban J connectivity index is 1.62. The molecule has 0 aromatic carbocycles. The van der Waals surface area contributed by atoms with Crippen LogP contribution >= 0.6 is 0 Å². The number of hydrogen-bond acceptors (Lipinski definition) is 3. The van der Waals surface area contributed by atoms with Gasteiger partial charge in [0.15, 0.2) is 5.78 Å². The van der Waals surface area contributed by atoms with Crippen molar-refractivity contribution < 1.29 is 14.6 Å². The van der Waals surface area contributed by atoms with Crippen molar-refractivity contribution >= 4 is 5.78 Å². The number of aliphatic hydroxyl groups is 1. The number of ether oxygens (including phenoxy) is 1. The number of carbonyl (C=O) groups is 1. The normalized spacial score (nSPS) is 57.7. The summed E-state index contributed by atoms with van der Waals surface area (Å²) in [5.74, 6) is 1.74. The van der Waals surface area contributed by atoms with E-state index in [1.807, 2.05) is 0 Å². The van der Waals surface area contributed by atoms with Gasteiger partial charge in [0, 0.05) is 6.42 Å². The van der Waals surface area contributed by atoms with Gasteiger partial charge in [0.25, 0.3) is 0 Å². The van der Waals surface area contributed by atoms with E-state index in [9.17, 15) is 9.90 Å². The molecule has 0 spiro atoms. The van der Waals surface area contributed by atoms with E-state index in [0.717, 1.165) is 24.3 Å². The van der Waals surface area contributed by atoms with Gasteiger partial charge in [-0.15, -0.1) is 0 Å². The van der Waals surface area contributed by atoms with Crippen LogP contribution in [0.25, 0.3) is 0 Å². The molecule has 7 atom stereocenters. The smallest absolute Gasteiger partial charge is 0.155 e. The van der Waals surface area contributed by atoms with Gasteiger partial charge in [0.1, 0.15) is 0 Å². The molecule has 4 aliphatic carbocycles. The molecule has 0 aromatic heterocycles. The fourth-order valence-corrected chi connectivity index (χ4v) is 6.63. The summed E-state index contributed by atoms with van der Waals surface area (Å²) in [6.45, 7) is 2.44. The summed E-state index contributed by atoms with van der Waals surface area (Å²) in [5.41, 5.74) is 0.701. The molecular formula is C18H24O3. The summed E-state index contributed by atoms with van der Waals surface area (Å²) in [7, 11) is 0. The summed E-state index contributed by atoms with van der Waals surface area (Å²) >= 11 is 0. The maximum Gasteiger partial charge on any atom is 0.155 e. The van der Waals surface area contributed by atoms with Crippen molar-refractivity contribution in [2.75, 3.05) is 0 Å². The highest BCUT2D eigenvalue weighted by molar-refractivity contribution is 5.92. The van der Waals surface area contributed by atoms with Crippen molar-refractivity contribution in [1.29, 1.82) is 0 Å². The van der Waals surface area contributed by atoms with E-state index in [4.69, 9.17) is 4.74 Å². The standard InChI is InChI=1S/C18H24O3/c1-17-4-3-13-16-14(17)8-12(9-17)21-15(16)7-10-6-11(19)2-5-18(10,13)20/h6,12-16,20H,2-5,7-9H2,1H3/t12-,13-,14?,15+,16?,17+,18+/m0/s1. The Morgan fingerprint density at radius 1 is 1.33 bits per heavy atom. The average Bonchev–Trinajstić information content (AvgIpc) is 2.73. The molecule has 0 amide bonds. The summed E-state index contributed by atoms with van der Waals surface area (Å²) in [6.07, 6.45) is 9.07. The fourth-order valence-electron chi connectivity index (χ4n) is 6.63. The molecule has 1 aliphatic heterocycles. The minimum Gasteiger partial charge on any atom is -0.385 e. The van der Waals surface area contributed by atoms with Crippen LogP contribution in [-0.2, 0) is 9.53 Å². The maximum atomic E-state index is 11.8. The molecule has 3 heteroatoms. The van der Waals surface area contributed by atoms with Crippen LogP contribution in [0, 0.1) is 23.2 Å². The first-order valence-electron chi connectivity index (χ1n) is 8.61. The van der Waals surface area contributed by atoms with Gasteiger partial charge in [-0.2, -0.15) is 0 Å². The van der Waals surface area contributed by atoms with E-state index in [1.165, 1.54) is 19.3 Å². The second-order valence-corrected chi connectivity index (χ2v) is 8.48. The van der Waals surface area contributed by atoms with Crippen molar-refractivity contribution in [1.82, 2.24) is 0 Å². The Labute approximate surface area is 125 Å². The molecule has 5 aliphatic rings. The molecule has 1 saturated heterocycles. The molecule has 2 unspecified atom stereocenters. The van der Waals surface area contributed by atoms with Crippen molar-refractivity contribution in [2.45, 2.75) is 69.7 Å². The van der Waals surface area contributed by atoms with Gasteiger partial charge >= 0.3 is 0 Å². The summed E-state index contributed by atoms with van der Waals surface area (Å²) in [4.78, 5) is 11.8. The quantitative estimate of drug-likeness (QED) is 0.745. The zero-order chi connectivity index (χ0) is 14.4. The Kier molecular flexibility index (Phi) is 2.32. The lowest BCUT2D eigenvalue weighted by molar-refractivity contribution is -0.177. The Morgan fingerprint density at radius 3 is 3.05 bits per heavy atom. The molecule has 1 N–H and O–H groups in total. The first-order chi connectivity index (χ1) is 9.99. The van der Waals surface area contributed by atoms with E-state index in [1.54, 1.807) is 6.08 Å². The van der Waals surface area contributed by atoms with Gasteiger partial charge in [-0.05, 0) is 73.3 Å². The van der Waals surface area contributed by atoms with Gasteiger partial charge in [0.2, 0.25) is 0 Å². The van der Waals surface area contributed by atoms with Gasteiger partial charge in [-0.25, -0.2) is 0 Å². The fraction of sp³-hybridized carbons (Fsp3) is 0.833. The number of hydrogen-bond donors (Lipinski definition) is 1.